The minimum absolute atomic E-state index is 0.405. The number of hydrogen-bond acceptors (Lipinski definition) is 6. The number of nitrogens with zero attached hydrogens (tertiary/aromatic N) is 4. The second-order valence-corrected chi connectivity index (χ2v) is 6.61. The third kappa shape index (κ3) is 4.64. The molecule has 7 heteroatoms. The number of carbonyl (C=O) groups is 1. The Morgan fingerprint density at radius 3 is 2.71 bits per heavy atom. The van der Waals surface area contributed by atoms with Crippen LogP contribution >= 0.6 is 11.3 Å². The highest BCUT2D eigenvalue weighted by molar-refractivity contribution is 7.15. The van der Waals surface area contributed by atoms with Crippen LogP contribution in [0.1, 0.15) is 31.7 Å². The standard InChI is InChI=1S/C14H24N4O2S/c1-3-12-15-16-14(21-12)18(10-11(2)13(19)20)9-8-17-6-4-5-7-17/h11H,3-10H2,1-2H3,(H,19,20). The topological polar surface area (TPSA) is 69.6 Å². The van der Waals surface area contributed by atoms with Crippen LogP contribution in [0.3, 0.4) is 0 Å². The highest BCUT2D eigenvalue weighted by Crippen LogP contribution is 2.22. The number of hydrogen-bond donors (Lipinski definition) is 1. The second-order valence-electron chi connectivity index (χ2n) is 5.57. The van der Waals surface area contributed by atoms with Crippen LogP contribution in [0.25, 0.3) is 0 Å². The van der Waals surface area contributed by atoms with E-state index in [-0.39, 0.29) is 0 Å². The molecule has 1 N–H and O–H groups in total. The number of anilines is 1. The van der Waals surface area contributed by atoms with Crippen LogP contribution < -0.4 is 4.90 Å². The van der Waals surface area contributed by atoms with Crippen LogP contribution in [-0.4, -0.2) is 58.9 Å². The molecular formula is C14H24N4O2S. The van der Waals surface area contributed by atoms with Gasteiger partial charge in [0, 0.05) is 19.6 Å². The molecule has 1 aliphatic rings. The SMILES string of the molecule is CCc1nnc(N(CCN2CCCC2)CC(C)C(=O)O)s1. The number of aromatic nitrogens is 2. The summed E-state index contributed by atoms with van der Waals surface area (Å²) in [5.74, 6) is -1.17. The first kappa shape index (κ1) is 16.2. The van der Waals surface area contributed by atoms with Gasteiger partial charge in [-0.3, -0.25) is 4.79 Å². The zero-order valence-electron chi connectivity index (χ0n) is 12.8. The fraction of sp³-hybridized carbons (Fsp3) is 0.786. The van der Waals surface area contributed by atoms with Gasteiger partial charge in [0.15, 0.2) is 0 Å². The van der Waals surface area contributed by atoms with Crippen LogP contribution in [0.5, 0.6) is 0 Å². The number of carboxylic acid groups (broad SMARTS) is 1. The normalized spacial score (nSPS) is 17.0. The van der Waals surface area contributed by atoms with Crippen molar-refractivity contribution in [2.75, 3.05) is 37.6 Å². The maximum atomic E-state index is 11.1. The molecule has 0 radical (unpaired) electrons. The molecule has 0 aliphatic carbocycles. The second kappa shape index (κ2) is 7.70. The zero-order chi connectivity index (χ0) is 15.2. The van der Waals surface area contributed by atoms with E-state index in [2.05, 4.69) is 26.9 Å². The van der Waals surface area contributed by atoms with Gasteiger partial charge in [-0.1, -0.05) is 25.2 Å². The van der Waals surface area contributed by atoms with Gasteiger partial charge in [-0.15, -0.1) is 10.2 Å². The molecule has 1 aromatic rings. The lowest BCUT2D eigenvalue weighted by Gasteiger charge is -2.26. The molecule has 118 valence electrons. The molecule has 1 aromatic heterocycles. The third-order valence-corrected chi connectivity index (χ3v) is 4.96. The third-order valence-electron chi connectivity index (χ3n) is 3.83. The number of aryl methyl sites for hydroxylation is 1. The lowest BCUT2D eigenvalue weighted by molar-refractivity contribution is -0.140. The summed E-state index contributed by atoms with van der Waals surface area (Å²) in [6.45, 7) is 8.37. The predicted octanol–water partition coefficient (Wildman–Crippen LogP) is 1.72. The van der Waals surface area contributed by atoms with E-state index in [1.807, 2.05) is 0 Å². The van der Waals surface area contributed by atoms with Crippen LogP contribution in [0.15, 0.2) is 0 Å². The average Bonchev–Trinajstić information content (AvgIpc) is 3.13. The number of aliphatic carboxylic acids is 1. The van der Waals surface area contributed by atoms with Crippen LogP contribution in [0, 0.1) is 5.92 Å². The molecule has 21 heavy (non-hydrogen) atoms. The molecule has 0 bridgehead atoms. The van der Waals surface area contributed by atoms with E-state index in [4.69, 9.17) is 5.11 Å². The van der Waals surface area contributed by atoms with Crippen molar-refractivity contribution < 1.29 is 9.90 Å². The first-order valence-corrected chi connectivity index (χ1v) is 8.44. The Kier molecular flexibility index (Phi) is 5.93. The van der Waals surface area contributed by atoms with Gasteiger partial charge >= 0.3 is 5.97 Å². The maximum Gasteiger partial charge on any atom is 0.308 e. The molecule has 1 saturated heterocycles. The van der Waals surface area contributed by atoms with Gasteiger partial charge in [0.2, 0.25) is 5.13 Å². The molecule has 0 saturated carbocycles. The Bertz CT molecular complexity index is 460. The summed E-state index contributed by atoms with van der Waals surface area (Å²) >= 11 is 1.57. The van der Waals surface area contributed by atoms with Crippen molar-refractivity contribution in [1.29, 1.82) is 0 Å². The number of rotatable bonds is 8. The van der Waals surface area contributed by atoms with E-state index in [1.54, 1.807) is 18.3 Å². The quantitative estimate of drug-likeness (QED) is 0.788. The van der Waals surface area contributed by atoms with Crippen molar-refractivity contribution in [3.8, 4) is 0 Å². The van der Waals surface area contributed by atoms with Crippen molar-refractivity contribution in [2.45, 2.75) is 33.1 Å². The highest BCUT2D eigenvalue weighted by Gasteiger charge is 2.21. The van der Waals surface area contributed by atoms with Crippen molar-refractivity contribution >= 4 is 22.4 Å². The summed E-state index contributed by atoms with van der Waals surface area (Å²) in [5, 5.41) is 19.4. The first-order valence-electron chi connectivity index (χ1n) is 7.62. The van der Waals surface area contributed by atoms with Gasteiger partial charge in [0.1, 0.15) is 5.01 Å². The summed E-state index contributed by atoms with van der Waals surface area (Å²) in [4.78, 5) is 15.6. The molecule has 1 unspecified atom stereocenters. The minimum atomic E-state index is -0.763. The van der Waals surface area contributed by atoms with Crippen LogP contribution in [0.4, 0.5) is 5.13 Å². The van der Waals surface area contributed by atoms with E-state index in [0.717, 1.165) is 42.7 Å². The van der Waals surface area contributed by atoms with E-state index in [9.17, 15) is 4.79 Å². The number of carboxylic acids is 1. The summed E-state index contributed by atoms with van der Waals surface area (Å²) in [5.41, 5.74) is 0. The van der Waals surface area contributed by atoms with Crippen molar-refractivity contribution in [3.05, 3.63) is 5.01 Å². The molecule has 0 aromatic carbocycles. The number of likely N-dealkylation sites (tertiary alicyclic amines) is 1. The van der Waals surface area contributed by atoms with Crippen LogP contribution in [0.2, 0.25) is 0 Å². The van der Waals surface area contributed by atoms with E-state index < -0.39 is 11.9 Å². The monoisotopic (exact) mass is 312 g/mol. The Labute approximate surface area is 129 Å². The smallest absolute Gasteiger partial charge is 0.308 e. The Morgan fingerprint density at radius 1 is 1.43 bits per heavy atom. The molecule has 6 nitrogen and oxygen atoms in total. The maximum absolute atomic E-state index is 11.1. The van der Waals surface area contributed by atoms with Crippen molar-refractivity contribution in [1.82, 2.24) is 15.1 Å². The van der Waals surface area contributed by atoms with Gasteiger partial charge in [0.05, 0.1) is 5.92 Å². The van der Waals surface area contributed by atoms with E-state index in [1.165, 1.54) is 12.8 Å². The fourth-order valence-corrected chi connectivity index (χ4v) is 3.27. The molecule has 0 amide bonds. The Hall–Kier alpha value is -1.21. The van der Waals surface area contributed by atoms with Gasteiger partial charge in [0.25, 0.3) is 0 Å². The molecule has 2 heterocycles. The van der Waals surface area contributed by atoms with Gasteiger partial charge in [-0.05, 0) is 32.4 Å². The molecule has 1 aliphatic heterocycles. The zero-order valence-corrected chi connectivity index (χ0v) is 13.6. The summed E-state index contributed by atoms with van der Waals surface area (Å²) in [7, 11) is 0. The van der Waals surface area contributed by atoms with Crippen LogP contribution in [-0.2, 0) is 11.2 Å². The van der Waals surface area contributed by atoms with Crippen molar-refractivity contribution in [2.24, 2.45) is 5.92 Å². The molecule has 1 atom stereocenters. The fourth-order valence-electron chi connectivity index (χ4n) is 2.46. The lowest BCUT2D eigenvalue weighted by Crippen LogP contribution is -2.38. The summed E-state index contributed by atoms with van der Waals surface area (Å²) in [6, 6.07) is 0. The molecular weight excluding hydrogens is 288 g/mol. The average molecular weight is 312 g/mol. The molecule has 0 spiro atoms. The highest BCUT2D eigenvalue weighted by atomic mass is 32.1. The van der Waals surface area contributed by atoms with E-state index in [0.29, 0.717) is 6.54 Å². The Morgan fingerprint density at radius 2 is 2.14 bits per heavy atom. The van der Waals surface area contributed by atoms with Crippen molar-refractivity contribution in [3.63, 3.8) is 0 Å². The predicted molar refractivity (Wildman–Crippen MR) is 84.0 cm³/mol. The molecule has 1 fully saturated rings. The minimum Gasteiger partial charge on any atom is -0.481 e. The van der Waals surface area contributed by atoms with Gasteiger partial charge in [-0.2, -0.15) is 0 Å². The summed E-state index contributed by atoms with van der Waals surface area (Å²) in [6.07, 6.45) is 3.40. The first-order chi connectivity index (χ1) is 10.1. The van der Waals surface area contributed by atoms with Gasteiger partial charge in [-0.25, -0.2) is 0 Å². The largest absolute Gasteiger partial charge is 0.481 e. The van der Waals surface area contributed by atoms with Gasteiger partial charge < -0.3 is 14.9 Å². The lowest BCUT2D eigenvalue weighted by atomic mass is 10.2. The summed E-state index contributed by atoms with van der Waals surface area (Å²) < 4.78 is 0. The van der Waals surface area contributed by atoms with E-state index >= 15 is 0 Å². The molecule has 2 rings (SSSR count). The Balaban J connectivity index is 1.99.